The van der Waals surface area contributed by atoms with Crippen molar-refractivity contribution in [3.05, 3.63) is 77.6 Å². The molecule has 8 heteroatoms. The molecule has 2 fully saturated rings. The van der Waals surface area contributed by atoms with E-state index in [1.54, 1.807) is 24.3 Å². The number of nitrogens with one attached hydrogen (secondary N) is 1. The van der Waals surface area contributed by atoms with Gasteiger partial charge in [0.05, 0.1) is 6.20 Å². The molecule has 1 atom stereocenters. The van der Waals surface area contributed by atoms with E-state index in [2.05, 4.69) is 33.5 Å². The molecule has 192 valence electrons. The van der Waals surface area contributed by atoms with Crippen LogP contribution >= 0.6 is 0 Å². The van der Waals surface area contributed by atoms with Crippen molar-refractivity contribution in [3.8, 4) is 0 Å². The zero-order chi connectivity index (χ0) is 25.4. The van der Waals surface area contributed by atoms with Crippen LogP contribution in [-0.2, 0) is 22.4 Å². The molecule has 1 N–H and O–H groups in total. The van der Waals surface area contributed by atoms with Gasteiger partial charge in [0, 0.05) is 62.8 Å². The average Bonchev–Trinajstić information content (AvgIpc) is 3.34. The number of carbonyl (C=O) groups excluding carboxylic acids is 2. The highest BCUT2D eigenvalue weighted by atomic mass is 16.5. The van der Waals surface area contributed by atoms with Gasteiger partial charge in [-0.05, 0) is 54.5 Å². The van der Waals surface area contributed by atoms with E-state index in [0.29, 0.717) is 18.3 Å². The van der Waals surface area contributed by atoms with Gasteiger partial charge in [-0.2, -0.15) is 9.78 Å². The van der Waals surface area contributed by atoms with Gasteiger partial charge in [0.2, 0.25) is 5.91 Å². The molecule has 1 aromatic heterocycles. The predicted molar refractivity (Wildman–Crippen MR) is 142 cm³/mol. The summed E-state index contributed by atoms with van der Waals surface area (Å²) in [5, 5.41) is 7.15. The van der Waals surface area contributed by atoms with E-state index in [4.69, 9.17) is 4.74 Å². The topological polar surface area (TPSA) is 79.7 Å². The molecule has 2 amide bonds. The maximum absolute atomic E-state index is 13.4. The molecule has 4 heterocycles. The van der Waals surface area contributed by atoms with E-state index in [0.717, 1.165) is 73.6 Å². The first kappa shape index (κ1) is 23.7. The van der Waals surface area contributed by atoms with Crippen molar-refractivity contribution >= 4 is 23.3 Å². The third-order valence-electron chi connectivity index (χ3n) is 8.13. The van der Waals surface area contributed by atoms with E-state index in [1.807, 2.05) is 30.3 Å². The maximum Gasteiger partial charge on any atom is 0.342 e. The number of aromatic nitrogens is 2. The zero-order valence-electron chi connectivity index (χ0n) is 21.2. The molecule has 0 saturated carbocycles. The minimum Gasteiger partial charge on any atom is -0.381 e. The lowest BCUT2D eigenvalue weighted by molar-refractivity contribution is -0.120. The SMILES string of the molecule is CN1C(=O)[C@H](NC(=O)n2cc(Cc3ccccc3)cn2)CCc2ccc(N3CC4(CCOCC4)C3)cc21. The number of ether oxygens (including phenoxy) is 1. The molecule has 2 aromatic carbocycles. The second kappa shape index (κ2) is 9.67. The molecular weight excluding hydrogens is 466 g/mol. The molecule has 3 aliphatic rings. The quantitative estimate of drug-likeness (QED) is 0.593. The molecule has 0 radical (unpaired) electrons. The Kier molecular flexibility index (Phi) is 6.20. The molecule has 37 heavy (non-hydrogen) atoms. The van der Waals surface area contributed by atoms with Gasteiger partial charge in [-0.1, -0.05) is 36.4 Å². The fourth-order valence-electron chi connectivity index (χ4n) is 5.86. The fourth-order valence-corrected chi connectivity index (χ4v) is 5.86. The van der Waals surface area contributed by atoms with Crippen LogP contribution in [0.4, 0.5) is 16.2 Å². The second-order valence-corrected chi connectivity index (χ2v) is 10.7. The molecule has 3 aliphatic heterocycles. The number of amides is 2. The first-order valence-electron chi connectivity index (χ1n) is 13.1. The lowest BCUT2D eigenvalue weighted by Crippen LogP contribution is -2.58. The van der Waals surface area contributed by atoms with Gasteiger partial charge in [-0.3, -0.25) is 4.79 Å². The number of hydrogen-bond acceptors (Lipinski definition) is 5. The van der Waals surface area contributed by atoms with Crippen molar-refractivity contribution in [1.82, 2.24) is 15.1 Å². The molecule has 0 unspecified atom stereocenters. The molecule has 8 nitrogen and oxygen atoms in total. The van der Waals surface area contributed by atoms with E-state index in [1.165, 1.54) is 4.68 Å². The third kappa shape index (κ3) is 4.73. The van der Waals surface area contributed by atoms with E-state index in [9.17, 15) is 9.59 Å². The van der Waals surface area contributed by atoms with Gasteiger partial charge >= 0.3 is 6.03 Å². The van der Waals surface area contributed by atoms with Crippen LogP contribution in [0.25, 0.3) is 0 Å². The Morgan fingerprint density at radius 1 is 1.11 bits per heavy atom. The Balaban J connectivity index is 1.11. The number of rotatable bonds is 4. The lowest BCUT2D eigenvalue weighted by Gasteiger charge is -2.53. The van der Waals surface area contributed by atoms with Gasteiger partial charge in [0.1, 0.15) is 6.04 Å². The number of nitrogens with zero attached hydrogens (tertiary/aromatic N) is 4. The third-order valence-corrected chi connectivity index (χ3v) is 8.13. The van der Waals surface area contributed by atoms with E-state index >= 15 is 0 Å². The summed E-state index contributed by atoms with van der Waals surface area (Å²) in [7, 11) is 1.80. The highest BCUT2D eigenvalue weighted by Crippen LogP contribution is 2.43. The van der Waals surface area contributed by atoms with E-state index < -0.39 is 6.04 Å². The number of anilines is 2. The van der Waals surface area contributed by atoms with Crippen LogP contribution in [0.3, 0.4) is 0 Å². The van der Waals surface area contributed by atoms with Crippen molar-refractivity contribution in [1.29, 1.82) is 0 Å². The Morgan fingerprint density at radius 2 is 1.89 bits per heavy atom. The van der Waals surface area contributed by atoms with Gasteiger partial charge in [0.15, 0.2) is 0 Å². The molecule has 3 aromatic rings. The molecule has 2 saturated heterocycles. The largest absolute Gasteiger partial charge is 0.381 e. The Labute approximate surface area is 217 Å². The summed E-state index contributed by atoms with van der Waals surface area (Å²) in [5.74, 6) is -0.106. The van der Waals surface area contributed by atoms with Crippen molar-refractivity contribution in [2.45, 2.75) is 38.1 Å². The van der Waals surface area contributed by atoms with Gasteiger partial charge in [-0.15, -0.1) is 0 Å². The smallest absolute Gasteiger partial charge is 0.342 e. The van der Waals surface area contributed by atoms with Gasteiger partial charge in [-0.25, -0.2) is 4.79 Å². The Hall–Kier alpha value is -3.65. The van der Waals surface area contributed by atoms with Crippen molar-refractivity contribution in [2.24, 2.45) is 5.41 Å². The maximum atomic E-state index is 13.4. The highest BCUT2D eigenvalue weighted by Gasteiger charge is 2.44. The summed E-state index contributed by atoms with van der Waals surface area (Å²) in [6.07, 6.45) is 7.64. The van der Waals surface area contributed by atoms with Crippen LogP contribution < -0.4 is 15.1 Å². The van der Waals surface area contributed by atoms with Crippen LogP contribution in [0, 0.1) is 5.41 Å². The normalized spacial score (nSPS) is 20.8. The molecule has 1 spiro atoms. The summed E-state index contributed by atoms with van der Waals surface area (Å²) in [6.45, 7) is 3.80. The summed E-state index contributed by atoms with van der Waals surface area (Å²) in [4.78, 5) is 30.4. The minimum atomic E-state index is -0.607. The van der Waals surface area contributed by atoms with Crippen LogP contribution in [0.2, 0.25) is 0 Å². The molecular formula is C29H33N5O3. The number of fused-ring (bicyclic) bond motifs is 1. The second-order valence-electron chi connectivity index (χ2n) is 10.7. The van der Waals surface area contributed by atoms with Crippen LogP contribution in [0.1, 0.15) is 36.0 Å². The van der Waals surface area contributed by atoms with Gasteiger partial charge in [0.25, 0.3) is 0 Å². The number of carbonyl (C=O) groups is 2. The summed E-state index contributed by atoms with van der Waals surface area (Å²) in [6, 6.07) is 15.5. The predicted octanol–water partition coefficient (Wildman–Crippen LogP) is 3.63. The standard InChI is InChI=1S/C29H33N5O3/c1-32-26-16-24(33-19-29(20-33)11-13-37-14-12-29)9-7-23(26)8-10-25(27(32)35)31-28(36)34-18-22(17-30-34)15-21-5-3-2-4-6-21/h2-7,9,16-18,25H,8,10-15,19-20H2,1H3,(H,31,36)/t25-/m1/s1. The van der Waals surface area contributed by atoms with Crippen molar-refractivity contribution in [3.63, 3.8) is 0 Å². The first-order valence-corrected chi connectivity index (χ1v) is 13.1. The first-order chi connectivity index (χ1) is 18.0. The number of hydrogen-bond donors (Lipinski definition) is 1. The summed E-state index contributed by atoms with van der Waals surface area (Å²) >= 11 is 0. The summed E-state index contributed by atoms with van der Waals surface area (Å²) < 4.78 is 6.84. The van der Waals surface area contributed by atoms with Crippen LogP contribution in [-0.4, -0.2) is 61.1 Å². The lowest BCUT2D eigenvalue weighted by atomic mass is 9.73. The highest BCUT2D eigenvalue weighted by molar-refractivity contribution is 6.00. The van der Waals surface area contributed by atoms with Crippen LogP contribution in [0.15, 0.2) is 60.9 Å². The van der Waals surface area contributed by atoms with Crippen LogP contribution in [0.5, 0.6) is 0 Å². The fraction of sp³-hybridized carbons (Fsp3) is 0.414. The summed E-state index contributed by atoms with van der Waals surface area (Å²) in [5.41, 5.74) is 5.69. The zero-order valence-corrected chi connectivity index (χ0v) is 21.2. The number of likely N-dealkylation sites (N-methyl/N-ethyl adjacent to an activating group) is 1. The van der Waals surface area contributed by atoms with Crippen molar-refractivity contribution in [2.75, 3.05) is 43.2 Å². The Bertz CT molecular complexity index is 1290. The molecule has 0 bridgehead atoms. The van der Waals surface area contributed by atoms with E-state index in [-0.39, 0.29) is 11.9 Å². The Morgan fingerprint density at radius 3 is 2.68 bits per heavy atom. The number of aryl methyl sites for hydroxylation is 1. The van der Waals surface area contributed by atoms with Gasteiger partial charge < -0.3 is 19.9 Å². The monoisotopic (exact) mass is 499 g/mol. The minimum absolute atomic E-state index is 0.106. The molecule has 6 rings (SSSR count). The van der Waals surface area contributed by atoms with Crippen molar-refractivity contribution < 1.29 is 14.3 Å². The molecule has 0 aliphatic carbocycles. The number of benzene rings is 2. The average molecular weight is 500 g/mol.